The van der Waals surface area contributed by atoms with Crippen LogP contribution < -0.4 is 10.6 Å². The Morgan fingerprint density at radius 1 is 1.29 bits per heavy atom. The van der Waals surface area contributed by atoms with Crippen molar-refractivity contribution < 1.29 is 9.59 Å². The summed E-state index contributed by atoms with van der Waals surface area (Å²) < 4.78 is 0. The van der Waals surface area contributed by atoms with Crippen molar-refractivity contribution in [3.63, 3.8) is 0 Å². The third-order valence-electron chi connectivity index (χ3n) is 4.20. The van der Waals surface area contributed by atoms with Gasteiger partial charge < -0.3 is 5.73 Å². The number of primary amides is 1. The van der Waals surface area contributed by atoms with Crippen LogP contribution in [0.5, 0.6) is 0 Å². The monoisotopic (exact) mass is 431 g/mol. The SMILES string of the molecule is Cc1cccc(N2C(=O)[C@@H](Cc3cc(Cl)ccc3Cl)S/C2=C(/C#N)C(N)=O)c1. The van der Waals surface area contributed by atoms with Crippen LogP contribution >= 0.6 is 35.0 Å². The number of carbonyl (C=O) groups excluding carboxylic acids is 2. The molecule has 0 aromatic heterocycles. The van der Waals surface area contributed by atoms with Crippen LogP contribution in [0, 0.1) is 18.3 Å². The van der Waals surface area contributed by atoms with Crippen molar-refractivity contribution >= 4 is 52.5 Å². The first-order valence-corrected chi connectivity index (χ1v) is 9.90. The highest BCUT2D eigenvalue weighted by Gasteiger charge is 2.40. The van der Waals surface area contributed by atoms with E-state index in [0.717, 1.165) is 17.3 Å². The zero-order valence-electron chi connectivity index (χ0n) is 14.8. The number of carbonyl (C=O) groups is 2. The van der Waals surface area contributed by atoms with E-state index in [4.69, 9.17) is 28.9 Å². The number of aryl methyl sites for hydroxylation is 1. The molecule has 1 heterocycles. The van der Waals surface area contributed by atoms with E-state index in [2.05, 4.69) is 0 Å². The van der Waals surface area contributed by atoms with E-state index >= 15 is 0 Å². The molecule has 5 nitrogen and oxygen atoms in total. The van der Waals surface area contributed by atoms with Gasteiger partial charge in [0, 0.05) is 15.7 Å². The van der Waals surface area contributed by atoms with E-state index in [1.807, 2.05) is 25.1 Å². The number of nitrogens with zero attached hydrogens (tertiary/aromatic N) is 2. The van der Waals surface area contributed by atoms with Crippen molar-refractivity contribution in [3.8, 4) is 6.07 Å². The van der Waals surface area contributed by atoms with Gasteiger partial charge in [0.05, 0.1) is 5.25 Å². The Morgan fingerprint density at radius 2 is 2.04 bits per heavy atom. The highest BCUT2D eigenvalue weighted by atomic mass is 35.5. The normalized spacial score (nSPS) is 18.1. The molecule has 3 rings (SSSR count). The summed E-state index contributed by atoms with van der Waals surface area (Å²) in [5.74, 6) is -1.13. The molecule has 2 N–H and O–H groups in total. The lowest BCUT2D eigenvalue weighted by atomic mass is 10.1. The fourth-order valence-corrected chi connectivity index (χ4v) is 4.59. The van der Waals surface area contributed by atoms with Crippen LogP contribution in [0.1, 0.15) is 11.1 Å². The maximum absolute atomic E-state index is 13.2. The lowest BCUT2D eigenvalue weighted by Crippen LogP contribution is -2.31. The van der Waals surface area contributed by atoms with Crippen molar-refractivity contribution in [2.45, 2.75) is 18.6 Å². The number of hydrogen-bond acceptors (Lipinski definition) is 4. The average molecular weight is 432 g/mol. The van der Waals surface area contributed by atoms with Crippen LogP contribution in [0.15, 0.2) is 53.1 Å². The quantitative estimate of drug-likeness (QED) is 0.579. The smallest absolute Gasteiger partial charge is 0.262 e. The van der Waals surface area contributed by atoms with Gasteiger partial charge in [-0.2, -0.15) is 5.26 Å². The van der Waals surface area contributed by atoms with Crippen LogP contribution in [0.25, 0.3) is 0 Å². The van der Waals surface area contributed by atoms with E-state index < -0.39 is 11.2 Å². The Balaban J connectivity index is 2.07. The maximum Gasteiger partial charge on any atom is 0.262 e. The predicted molar refractivity (Wildman–Crippen MR) is 112 cm³/mol. The molecule has 2 aromatic carbocycles. The van der Waals surface area contributed by atoms with Gasteiger partial charge in [-0.3, -0.25) is 14.5 Å². The van der Waals surface area contributed by atoms with Crippen molar-refractivity contribution in [2.75, 3.05) is 4.90 Å². The summed E-state index contributed by atoms with van der Waals surface area (Å²) in [6, 6.07) is 14.1. The summed E-state index contributed by atoms with van der Waals surface area (Å²) in [6.45, 7) is 1.89. The first kappa shape index (κ1) is 20.3. The second-order valence-corrected chi connectivity index (χ2v) is 8.25. The zero-order valence-corrected chi connectivity index (χ0v) is 17.1. The molecule has 2 aromatic rings. The van der Waals surface area contributed by atoms with Gasteiger partial charge in [-0.15, -0.1) is 0 Å². The molecule has 0 spiro atoms. The lowest BCUT2D eigenvalue weighted by Gasteiger charge is -2.18. The fraction of sp³-hybridized carbons (Fsp3) is 0.150. The first-order chi connectivity index (χ1) is 13.3. The molecular weight excluding hydrogens is 417 g/mol. The molecule has 1 fully saturated rings. The molecule has 1 saturated heterocycles. The summed E-state index contributed by atoms with van der Waals surface area (Å²) in [6.07, 6.45) is 0.298. The molecule has 28 heavy (non-hydrogen) atoms. The molecule has 0 bridgehead atoms. The summed E-state index contributed by atoms with van der Waals surface area (Å²) in [4.78, 5) is 26.4. The number of nitrogens with two attached hydrogens (primary N) is 1. The molecule has 0 saturated carbocycles. The van der Waals surface area contributed by atoms with Gasteiger partial charge in [-0.05, 0) is 54.8 Å². The minimum Gasteiger partial charge on any atom is -0.365 e. The maximum atomic E-state index is 13.2. The minimum atomic E-state index is -0.878. The minimum absolute atomic E-state index is 0.230. The summed E-state index contributed by atoms with van der Waals surface area (Å²) in [7, 11) is 0. The largest absolute Gasteiger partial charge is 0.365 e. The molecule has 2 amide bonds. The number of rotatable bonds is 4. The summed E-state index contributed by atoms with van der Waals surface area (Å²) in [5.41, 5.74) is 7.35. The third-order valence-corrected chi connectivity index (χ3v) is 6.06. The zero-order chi connectivity index (χ0) is 20.4. The molecule has 0 unspecified atom stereocenters. The standard InChI is InChI=1S/C20H15Cl2N3O2S/c1-11-3-2-4-14(7-11)25-19(27)17(28-20(25)15(10-23)18(24)26)9-12-8-13(21)5-6-16(12)22/h2-8,17H,9H2,1H3,(H2,24,26)/b20-15-/t17-/m1/s1. The van der Waals surface area contributed by atoms with Gasteiger partial charge in [0.25, 0.3) is 5.91 Å². The van der Waals surface area contributed by atoms with Crippen LogP contribution in [-0.4, -0.2) is 17.1 Å². The van der Waals surface area contributed by atoms with Gasteiger partial charge in [0.15, 0.2) is 0 Å². The van der Waals surface area contributed by atoms with Crippen LogP contribution in [0.3, 0.4) is 0 Å². The predicted octanol–water partition coefficient (Wildman–Crippen LogP) is 4.21. The van der Waals surface area contributed by atoms with Gasteiger partial charge in [0.1, 0.15) is 16.7 Å². The second kappa shape index (κ2) is 8.27. The number of halogens is 2. The molecule has 1 atom stereocenters. The molecule has 0 aliphatic carbocycles. The van der Waals surface area contributed by atoms with Gasteiger partial charge >= 0.3 is 0 Å². The highest BCUT2D eigenvalue weighted by molar-refractivity contribution is 8.05. The van der Waals surface area contributed by atoms with Crippen molar-refractivity contribution in [1.82, 2.24) is 0 Å². The van der Waals surface area contributed by atoms with Crippen molar-refractivity contribution in [1.29, 1.82) is 5.26 Å². The Hall–Kier alpha value is -2.46. The van der Waals surface area contributed by atoms with E-state index in [1.54, 1.807) is 30.3 Å². The summed E-state index contributed by atoms with van der Waals surface area (Å²) >= 11 is 13.4. The molecular formula is C20H15Cl2N3O2S. The number of amides is 2. The Kier molecular flexibility index (Phi) is 5.99. The Labute approximate surface area is 176 Å². The number of benzene rings is 2. The number of nitriles is 1. The van der Waals surface area contributed by atoms with Crippen LogP contribution in [0.2, 0.25) is 10.0 Å². The number of hydrogen-bond donors (Lipinski definition) is 1. The highest BCUT2D eigenvalue weighted by Crippen LogP contribution is 2.42. The molecule has 1 aliphatic rings. The van der Waals surface area contributed by atoms with Gasteiger partial charge in [-0.1, -0.05) is 47.1 Å². The Bertz CT molecular complexity index is 1050. The van der Waals surface area contributed by atoms with Crippen LogP contribution in [-0.2, 0) is 16.0 Å². The first-order valence-electron chi connectivity index (χ1n) is 8.27. The topological polar surface area (TPSA) is 87.2 Å². The van der Waals surface area contributed by atoms with Gasteiger partial charge in [0.2, 0.25) is 5.91 Å². The molecule has 142 valence electrons. The third kappa shape index (κ3) is 4.02. The fourth-order valence-electron chi connectivity index (χ4n) is 2.90. The van der Waals surface area contributed by atoms with E-state index in [9.17, 15) is 14.9 Å². The second-order valence-electron chi connectivity index (χ2n) is 6.22. The molecule has 0 radical (unpaired) electrons. The lowest BCUT2D eigenvalue weighted by molar-refractivity contribution is -0.117. The number of anilines is 1. The number of thioether (sulfide) groups is 1. The van der Waals surface area contributed by atoms with E-state index in [-0.39, 0.29) is 16.5 Å². The van der Waals surface area contributed by atoms with E-state index in [1.165, 1.54) is 4.90 Å². The van der Waals surface area contributed by atoms with Crippen molar-refractivity contribution in [2.24, 2.45) is 5.73 Å². The molecule has 1 aliphatic heterocycles. The average Bonchev–Trinajstić information content (AvgIpc) is 2.94. The summed E-state index contributed by atoms with van der Waals surface area (Å²) in [5, 5.41) is 10.1. The molecule has 8 heteroatoms. The Morgan fingerprint density at radius 3 is 2.68 bits per heavy atom. The van der Waals surface area contributed by atoms with Crippen molar-refractivity contribution in [3.05, 3.63) is 74.2 Å². The van der Waals surface area contributed by atoms with Gasteiger partial charge in [-0.25, -0.2) is 0 Å². The van der Waals surface area contributed by atoms with E-state index in [0.29, 0.717) is 27.7 Å². The van der Waals surface area contributed by atoms with Crippen LogP contribution in [0.4, 0.5) is 5.69 Å².